The third-order valence-corrected chi connectivity index (χ3v) is 3.95. The van der Waals surface area contributed by atoms with Crippen LogP contribution >= 0.6 is 0 Å². The lowest BCUT2D eigenvalue weighted by Crippen LogP contribution is -2.39. The number of imidazole rings is 1. The largest absolute Gasteiger partial charge is 0.490 e. The molecule has 0 bridgehead atoms. The number of aliphatic imine (C=N–C) groups is 1. The van der Waals surface area contributed by atoms with Gasteiger partial charge in [0.1, 0.15) is 0 Å². The molecule has 0 saturated heterocycles. The molecule has 0 fully saturated rings. The van der Waals surface area contributed by atoms with Crippen LogP contribution in [0.3, 0.4) is 0 Å². The summed E-state index contributed by atoms with van der Waals surface area (Å²) in [6.07, 6.45) is 5.51. The monoisotopic (exact) mass is 373 g/mol. The summed E-state index contributed by atoms with van der Waals surface area (Å²) in [5, 5.41) is 6.75. The molecule has 148 valence electrons. The van der Waals surface area contributed by atoms with E-state index in [0.717, 1.165) is 36.1 Å². The Balaban J connectivity index is 2.04. The fraction of sp³-hybridized carbons (Fsp3) is 0.500. The summed E-state index contributed by atoms with van der Waals surface area (Å²) in [6.45, 7) is 11.6. The Kier molecular flexibility index (Phi) is 8.48. The lowest BCUT2D eigenvalue weighted by Gasteiger charge is -2.20. The van der Waals surface area contributed by atoms with E-state index in [1.54, 1.807) is 12.5 Å². The van der Waals surface area contributed by atoms with Crippen LogP contribution in [0.4, 0.5) is 0 Å². The Morgan fingerprint density at radius 1 is 1.19 bits per heavy atom. The third kappa shape index (κ3) is 6.51. The van der Waals surface area contributed by atoms with Gasteiger partial charge >= 0.3 is 0 Å². The van der Waals surface area contributed by atoms with Crippen molar-refractivity contribution in [1.82, 2.24) is 20.2 Å². The molecule has 2 aromatic rings. The van der Waals surface area contributed by atoms with Crippen LogP contribution in [0.15, 0.2) is 41.9 Å². The molecule has 7 nitrogen and oxygen atoms in total. The highest BCUT2D eigenvalue weighted by Crippen LogP contribution is 2.30. The topological polar surface area (TPSA) is 72.7 Å². The average molecular weight is 374 g/mol. The van der Waals surface area contributed by atoms with Gasteiger partial charge in [0, 0.05) is 25.5 Å². The van der Waals surface area contributed by atoms with Gasteiger partial charge in [-0.2, -0.15) is 0 Å². The first-order chi connectivity index (χ1) is 13.2. The summed E-state index contributed by atoms with van der Waals surface area (Å²) < 4.78 is 13.4. The van der Waals surface area contributed by atoms with Crippen molar-refractivity contribution in [3.63, 3.8) is 0 Å². The maximum absolute atomic E-state index is 5.73. The molecule has 0 aliphatic carbocycles. The van der Waals surface area contributed by atoms with Crippen LogP contribution in [0.1, 0.15) is 39.3 Å². The molecular formula is C20H31N5O2. The zero-order valence-electron chi connectivity index (χ0n) is 16.7. The van der Waals surface area contributed by atoms with E-state index in [9.17, 15) is 0 Å². The van der Waals surface area contributed by atoms with E-state index in [0.29, 0.717) is 19.8 Å². The van der Waals surface area contributed by atoms with E-state index in [-0.39, 0.29) is 6.04 Å². The number of aromatic nitrogens is 2. The van der Waals surface area contributed by atoms with Gasteiger partial charge in [-0.05, 0) is 45.4 Å². The fourth-order valence-electron chi connectivity index (χ4n) is 2.64. The quantitative estimate of drug-likeness (QED) is 0.495. The minimum absolute atomic E-state index is 0.0749. The summed E-state index contributed by atoms with van der Waals surface area (Å²) in [5.74, 6) is 2.33. The maximum Gasteiger partial charge on any atom is 0.191 e. The van der Waals surface area contributed by atoms with Gasteiger partial charge in [0.25, 0.3) is 0 Å². The zero-order valence-corrected chi connectivity index (χ0v) is 16.7. The number of guanidine groups is 1. The first kappa shape index (κ1) is 20.6. The SMILES string of the molecule is CCNC(=NCCn1ccnc1)NC(C)c1ccc(OCC)c(OCC)c1. The second-order valence-electron chi connectivity index (χ2n) is 6.00. The summed E-state index contributed by atoms with van der Waals surface area (Å²) in [6, 6.07) is 6.12. The Morgan fingerprint density at radius 2 is 1.96 bits per heavy atom. The van der Waals surface area contributed by atoms with Gasteiger partial charge in [0.15, 0.2) is 17.5 Å². The first-order valence-corrected chi connectivity index (χ1v) is 9.58. The average Bonchev–Trinajstić information content (AvgIpc) is 3.17. The minimum atomic E-state index is 0.0749. The smallest absolute Gasteiger partial charge is 0.191 e. The zero-order chi connectivity index (χ0) is 19.5. The molecule has 2 N–H and O–H groups in total. The standard InChI is InChI=1S/C20H31N5O2/c1-5-22-20(23-11-13-25-12-10-21-15-25)24-16(4)17-8-9-18(26-6-2)19(14-17)27-7-3/h8-10,12,14-16H,5-7,11,13H2,1-4H3,(H2,22,23,24). The number of nitrogens with zero attached hydrogens (tertiary/aromatic N) is 3. The van der Waals surface area contributed by atoms with Crippen LogP contribution in [0, 0.1) is 0 Å². The van der Waals surface area contributed by atoms with E-state index < -0.39 is 0 Å². The molecule has 0 spiro atoms. The molecule has 0 aliphatic rings. The highest BCUT2D eigenvalue weighted by Gasteiger charge is 2.12. The van der Waals surface area contributed by atoms with Gasteiger partial charge in [-0.1, -0.05) is 6.07 Å². The van der Waals surface area contributed by atoms with Gasteiger partial charge in [-0.3, -0.25) is 4.99 Å². The lowest BCUT2D eigenvalue weighted by atomic mass is 10.1. The molecule has 1 aromatic heterocycles. The van der Waals surface area contributed by atoms with Crippen molar-refractivity contribution in [1.29, 1.82) is 0 Å². The highest BCUT2D eigenvalue weighted by molar-refractivity contribution is 5.80. The normalized spacial score (nSPS) is 12.5. The molecule has 27 heavy (non-hydrogen) atoms. The number of hydrogen-bond donors (Lipinski definition) is 2. The number of nitrogens with one attached hydrogen (secondary N) is 2. The van der Waals surface area contributed by atoms with Crippen molar-refractivity contribution in [2.45, 2.75) is 40.3 Å². The van der Waals surface area contributed by atoms with Crippen molar-refractivity contribution in [3.05, 3.63) is 42.5 Å². The van der Waals surface area contributed by atoms with Gasteiger partial charge in [-0.25, -0.2) is 4.98 Å². The molecule has 1 heterocycles. The van der Waals surface area contributed by atoms with Crippen molar-refractivity contribution in [3.8, 4) is 11.5 Å². The maximum atomic E-state index is 5.73. The molecule has 0 aliphatic heterocycles. The summed E-state index contributed by atoms with van der Waals surface area (Å²) in [4.78, 5) is 8.70. The van der Waals surface area contributed by atoms with Gasteiger partial charge in [0.2, 0.25) is 0 Å². The molecule has 7 heteroatoms. The van der Waals surface area contributed by atoms with Crippen molar-refractivity contribution < 1.29 is 9.47 Å². The Morgan fingerprint density at radius 3 is 2.63 bits per heavy atom. The fourth-order valence-corrected chi connectivity index (χ4v) is 2.64. The van der Waals surface area contributed by atoms with Crippen molar-refractivity contribution >= 4 is 5.96 Å². The molecule has 0 radical (unpaired) electrons. The van der Waals surface area contributed by atoms with Crippen molar-refractivity contribution in [2.24, 2.45) is 4.99 Å². The van der Waals surface area contributed by atoms with E-state index in [1.807, 2.05) is 36.7 Å². The Bertz CT molecular complexity index is 700. The van der Waals surface area contributed by atoms with E-state index in [2.05, 4.69) is 40.5 Å². The second kappa shape index (κ2) is 11.1. The first-order valence-electron chi connectivity index (χ1n) is 9.58. The summed E-state index contributed by atoms with van der Waals surface area (Å²) in [7, 11) is 0. The van der Waals surface area contributed by atoms with Crippen molar-refractivity contribution in [2.75, 3.05) is 26.3 Å². The Hall–Kier alpha value is -2.70. The molecule has 1 aromatic carbocycles. The lowest BCUT2D eigenvalue weighted by molar-refractivity contribution is 0.287. The van der Waals surface area contributed by atoms with Crippen LogP contribution in [-0.2, 0) is 6.54 Å². The number of ether oxygens (including phenoxy) is 2. The summed E-state index contributed by atoms with van der Waals surface area (Å²) in [5.41, 5.74) is 1.11. The van der Waals surface area contributed by atoms with Crippen LogP contribution in [-0.4, -0.2) is 41.8 Å². The molecule has 0 saturated carbocycles. The minimum Gasteiger partial charge on any atom is -0.490 e. The van der Waals surface area contributed by atoms with Crippen LogP contribution in [0.5, 0.6) is 11.5 Å². The van der Waals surface area contributed by atoms with E-state index in [4.69, 9.17) is 9.47 Å². The molecule has 1 unspecified atom stereocenters. The number of benzene rings is 1. The molecule has 2 rings (SSSR count). The van der Waals surface area contributed by atoms with E-state index in [1.165, 1.54) is 0 Å². The number of hydrogen-bond acceptors (Lipinski definition) is 4. The van der Waals surface area contributed by atoms with Gasteiger partial charge < -0.3 is 24.7 Å². The number of rotatable bonds is 10. The molecule has 1 atom stereocenters. The Labute approximate surface area is 161 Å². The van der Waals surface area contributed by atoms with Crippen LogP contribution in [0.2, 0.25) is 0 Å². The highest BCUT2D eigenvalue weighted by atomic mass is 16.5. The predicted molar refractivity (Wildman–Crippen MR) is 109 cm³/mol. The summed E-state index contributed by atoms with van der Waals surface area (Å²) >= 11 is 0. The molecule has 0 amide bonds. The second-order valence-corrected chi connectivity index (χ2v) is 6.00. The van der Waals surface area contributed by atoms with Gasteiger partial charge in [-0.15, -0.1) is 0 Å². The van der Waals surface area contributed by atoms with Crippen LogP contribution in [0.25, 0.3) is 0 Å². The van der Waals surface area contributed by atoms with Gasteiger partial charge in [0.05, 0.1) is 32.1 Å². The molecular weight excluding hydrogens is 342 g/mol. The van der Waals surface area contributed by atoms with Crippen LogP contribution < -0.4 is 20.1 Å². The van der Waals surface area contributed by atoms with E-state index >= 15 is 0 Å². The predicted octanol–water partition coefficient (Wildman–Crippen LogP) is 3.00. The third-order valence-electron chi connectivity index (χ3n) is 3.95.